The highest BCUT2D eigenvalue weighted by Gasteiger charge is 2.20. The minimum atomic E-state index is -0.0497. The Morgan fingerprint density at radius 3 is 3.00 bits per heavy atom. The molecule has 1 aliphatic rings. The van der Waals surface area contributed by atoms with E-state index in [2.05, 4.69) is 11.8 Å². The molecule has 0 aliphatic carbocycles. The molecule has 1 unspecified atom stereocenters. The van der Waals surface area contributed by atoms with Crippen LogP contribution in [0.1, 0.15) is 12.5 Å². The van der Waals surface area contributed by atoms with E-state index in [1.807, 2.05) is 12.1 Å². The minimum absolute atomic E-state index is 0.0497. The Morgan fingerprint density at radius 2 is 2.30 bits per heavy atom. The second kappa shape index (κ2) is 7.47. The van der Waals surface area contributed by atoms with Gasteiger partial charge in [0.15, 0.2) is 0 Å². The number of likely N-dealkylation sites (N-methyl/N-ethyl adjacent to an activating group) is 1. The molecule has 0 bridgehead atoms. The summed E-state index contributed by atoms with van der Waals surface area (Å²) in [7, 11) is 1.61. The van der Waals surface area contributed by atoms with Gasteiger partial charge in [-0.2, -0.15) is 0 Å². The summed E-state index contributed by atoms with van der Waals surface area (Å²) in [6.07, 6.45) is 0.0708. The van der Waals surface area contributed by atoms with Crippen molar-refractivity contribution < 1.29 is 19.3 Å². The highest BCUT2D eigenvalue weighted by atomic mass is 16.5. The van der Waals surface area contributed by atoms with Crippen molar-refractivity contribution in [2.75, 3.05) is 40.0 Å². The molecular weight excluding hydrogens is 258 g/mol. The predicted molar refractivity (Wildman–Crippen MR) is 76.3 cm³/mol. The Hall–Kier alpha value is -1.30. The van der Waals surface area contributed by atoms with Crippen LogP contribution in [0.4, 0.5) is 0 Å². The predicted octanol–water partition coefficient (Wildman–Crippen LogP) is 1.29. The van der Waals surface area contributed by atoms with Crippen LogP contribution >= 0.6 is 0 Å². The molecule has 1 aromatic rings. The Kier molecular flexibility index (Phi) is 5.64. The Balaban J connectivity index is 1.95. The van der Waals surface area contributed by atoms with Crippen molar-refractivity contribution >= 4 is 0 Å². The van der Waals surface area contributed by atoms with E-state index in [0.717, 1.165) is 37.6 Å². The number of hydrogen-bond donors (Lipinski definition) is 1. The van der Waals surface area contributed by atoms with Crippen LogP contribution in [-0.4, -0.2) is 56.1 Å². The Bertz CT molecular complexity index is 424. The van der Waals surface area contributed by atoms with Gasteiger partial charge in [0.25, 0.3) is 0 Å². The number of nitrogens with zero attached hydrogens (tertiary/aromatic N) is 1. The molecule has 1 N–H and O–H groups in total. The summed E-state index contributed by atoms with van der Waals surface area (Å²) in [5, 5.41) is 9.34. The maximum Gasteiger partial charge on any atom is 0.128 e. The lowest BCUT2D eigenvalue weighted by atomic mass is 10.2. The van der Waals surface area contributed by atoms with Crippen LogP contribution in [0.25, 0.3) is 0 Å². The largest absolute Gasteiger partial charge is 0.497 e. The summed E-state index contributed by atoms with van der Waals surface area (Å²) >= 11 is 0. The first kappa shape index (κ1) is 15.1. The molecule has 1 fully saturated rings. The van der Waals surface area contributed by atoms with Crippen molar-refractivity contribution in [1.29, 1.82) is 0 Å². The quantitative estimate of drug-likeness (QED) is 0.851. The molecule has 0 amide bonds. The summed E-state index contributed by atoms with van der Waals surface area (Å²) in [5.74, 6) is 1.38. The second-order valence-corrected chi connectivity index (χ2v) is 4.83. The zero-order valence-electron chi connectivity index (χ0n) is 12.2. The molecule has 1 aliphatic heterocycles. The molecule has 0 spiro atoms. The Labute approximate surface area is 120 Å². The van der Waals surface area contributed by atoms with E-state index in [4.69, 9.17) is 14.2 Å². The summed E-state index contributed by atoms with van der Waals surface area (Å²) in [4.78, 5) is 2.34. The zero-order valence-corrected chi connectivity index (χ0v) is 12.2. The molecule has 2 rings (SSSR count). The standard InChI is InChI=1S/C15H23NO4/c1-3-16-6-7-19-14(9-16)11-20-15-8-13(18-2)5-4-12(15)10-17/h4-5,8,14,17H,3,6-7,9-11H2,1-2H3. The average Bonchev–Trinajstić information content (AvgIpc) is 2.52. The van der Waals surface area contributed by atoms with Gasteiger partial charge in [-0.05, 0) is 18.7 Å². The fourth-order valence-electron chi connectivity index (χ4n) is 2.28. The van der Waals surface area contributed by atoms with E-state index in [1.165, 1.54) is 0 Å². The SMILES string of the molecule is CCN1CCOC(COc2cc(OC)ccc2CO)C1. The summed E-state index contributed by atoms with van der Waals surface area (Å²) < 4.78 is 16.7. The number of morpholine rings is 1. The summed E-state index contributed by atoms with van der Waals surface area (Å²) in [6.45, 7) is 6.22. The highest BCUT2D eigenvalue weighted by molar-refractivity contribution is 5.40. The number of hydrogen-bond acceptors (Lipinski definition) is 5. The molecule has 1 heterocycles. The molecule has 0 saturated carbocycles. The van der Waals surface area contributed by atoms with E-state index < -0.39 is 0 Å². The molecule has 112 valence electrons. The van der Waals surface area contributed by atoms with Crippen LogP contribution in [0.3, 0.4) is 0 Å². The van der Waals surface area contributed by atoms with Crippen LogP contribution < -0.4 is 9.47 Å². The van der Waals surface area contributed by atoms with Crippen LogP contribution in [0, 0.1) is 0 Å². The number of aliphatic hydroxyl groups is 1. The molecule has 0 radical (unpaired) electrons. The third-order valence-electron chi connectivity index (χ3n) is 3.54. The molecule has 0 aromatic heterocycles. The minimum Gasteiger partial charge on any atom is -0.497 e. The fourth-order valence-corrected chi connectivity index (χ4v) is 2.28. The fraction of sp³-hybridized carbons (Fsp3) is 0.600. The van der Waals surface area contributed by atoms with Gasteiger partial charge in [-0.25, -0.2) is 0 Å². The summed E-state index contributed by atoms with van der Waals surface area (Å²) in [5.41, 5.74) is 0.758. The average molecular weight is 281 g/mol. The highest BCUT2D eigenvalue weighted by Crippen LogP contribution is 2.25. The molecular formula is C15H23NO4. The zero-order chi connectivity index (χ0) is 14.4. The molecule has 5 heteroatoms. The van der Waals surface area contributed by atoms with Gasteiger partial charge in [0.05, 0.1) is 20.3 Å². The van der Waals surface area contributed by atoms with E-state index >= 15 is 0 Å². The topological polar surface area (TPSA) is 51.2 Å². The smallest absolute Gasteiger partial charge is 0.128 e. The van der Waals surface area contributed by atoms with Gasteiger partial charge in [-0.1, -0.05) is 6.92 Å². The lowest BCUT2D eigenvalue weighted by Gasteiger charge is -2.32. The first-order valence-electron chi connectivity index (χ1n) is 7.01. The van der Waals surface area contributed by atoms with Gasteiger partial charge < -0.3 is 19.3 Å². The molecule has 20 heavy (non-hydrogen) atoms. The van der Waals surface area contributed by atoms with Gasteiger partial charge in [-0.3, -0.25) is 4.90 Å². The van der Waals surface area contributed by atoms with Gasteiger partial charge in [0, 0.05) is 24.7 Å². The third kappa shape index (κ3) is 3.85. The maximum atomic E-state index is 9.34. The van der Waals surface area contributed by atoms with Crippen LogP contribution in [-0.2, 0) is 11.3 Å². The number of methoxy groups -OCH3 is 1. The normalized spacial score (nSPS) is 19.9. The van der Waals surface area contributed by atoms with E-state index in [0.29, 0.717) is 12.4 Å². The monoisotopic (exact) mass is 281 g/mol. The Morgan fingerprint density at radius 1 is 1.45 bits per heavy atom. The van der Waals surface area contributed by atoms with Crippen molar-refractivity contribution in [2.24, 2.45) is 0 Å². The van der Waals surface area contributed by atoms with Crippen molar-refractivity contribution in [3.8, 4) is 11.5 Å². The lowest BCUT2D eigenvalue weighted by Crippen LogP contribution is -2.44. The summed E-state index contributed by atoms with van der Waals surface area (Å²) in [6, 6.07) is 5.43. The number of rotatable bonds is 6. The number of ether oxygens (including phenoxy) is 3. The van der Waals surface area contributed by atoms with Crippen molar-refractivity contribution in [3.05, 3.63) is 23.8 Å². The first-order chi connectivity index (χ1) is 9.76. The van der Waals surface area contributed by atoms with Gasteiger partial charge in [-0.15, -0.1) is 0 Å². The molecule has 1 atom stereocenters. The van der Waals surface area contributed by atoms with Gasteiger partial charge >= 0.3 is 0 Å². The van der Waals surface area contributed by atoms with Crippen molar-refractivity contribution in [1.82, 2.24) is 4.90 Å². The molecule has 5 nitrogen and oxygen atoms in total. The second-order valence-electron chi connectivity index (χ2n) is 4.83. The van der Waals surface area contributed by atoms with Gasteiger partial charge in [0.2, 0.25) is 0 Å². The van der Waals surface area contributed by atoms with Crippen molar-refractivity contribution in [3.63, 3.8) is 0 Å². The maximum absolute atomic E-state index is 9.34. The number of benzene rings is 1. The van der Waals surface area contributed by atoms with Crippen LogP contribution in [0.5, 0.6) is 11.5 Å². The van der Waals surface area contributed by atoms with E-state index in [-0.39, 0.29) is 12.7 Å². The van der Waals surface area contributed by atoms with E-state index in [1.54, 1.807) is 13.2 Å². The van der Waals surface area contributed by atoms with E-state index in [9.17, 15) is 5.11 Å². The number of aliphatic hydroxyl groups excluding tert-OH is 1. The van der Waals surface area contributed by atoms with Crippen LogP contribution in [0.15, 0.2) is 18.2 Å². The molecule has 1 aromatic carbocycles. The van der Waals surface area contributed by atoms with Gasteiger partial charge in [0.1, 0.15) is 24.2 Å². The molecule has 1 saturated heterocycles. The lowest BCUT2D eigenvalue weighted by molar-refractivity contribution is -0.0466. The third-order valence-corrected chi connectivity index (χ3v) is 3.54. The van der Waals surface area contributed by atoms with Crippen LogP contribution in [0.2, 0.25) is 0 Å². The van der Waals surface area contributed by atoms with Crippen molar-refractivity contribution in [2.45, 2.75) is 19.6 Å². The first-order valence-corrected chi connectivity index (χ1v) is 7.01.